The number of rotatable bonds is 8. The number of anilines is 1. The second-order valence-electron chi connectivity index (χ2n) is 4.20. The number of aromatic carboxylic acids is 1. The largest absolute Gasteiger partial charge is 0.480 e. The summed E-state index contributed by atoms with van der Waals surface area (Å²) in [5.41, 5.74) is 0.456. The monoisotopic (exact) mass is 296 g/mol. The summed E-state index contributed by atoms with van der Waals surface area (Å²) in [5.74, 6) is -2.80. The molecule has 0 heterocycles. The topological polar surface area (TPSA) is 136 Å². The van der Waals surface area contributed by atoms with Crippen LogP contribution in [-0.4, -0.2) is 52.4 Å². The van der Waals surface area contributed by atoms with E-state index in [4.69, 9.17) is 15.3 Å². The Morgan fingerprint density at radius 3 is 2.19 bits per heavy atom. The predicted octanol–water partition coefficient (Wildman–Crippen LogP) is -0.251. The van der Waals surface area contributed by atoms with Gasteiger partial charge in [-0.1, -0.05) is 0 Å². The van der Waals surface area contributed by atoms with Gasteiger partial charge >= 0.3 is 11.9 Å². The summed E-state index contributed by atoms with van der Waals surface area (Å²) in [6, 6.07) is 4.39. The predicted molar refractivity (Wildman–Crippen MR) is 73.2 cm³/mol. The molecule has 0 saturated heterocycles. The van der Waals surface area contributed by atoms with E-state index >= 15 is 0 Å². The van der Waals surface area contributed by atoms with Crippen molar-refractivity contribution < 1.29 is 29.7 Å². The summed E-state index contributed by atoms with van der Waals surface area (Å²) in [4.78, 5) is 33.3. The standard InChI is InChI=1S/C13H16N2O6/c16-6-5-14-10(13(20)21)7-11(17)15-9-3-1-8(2-4-9)12(18)19/h1-4,10,14,16H,5-7H2,(H,15,17)(H,18,19)(H,20,21)/t10-/m0/s1. The Bertz CT molecular complexity index is 514. The quantitative estimate of drug-likeness (QED) is 0.446. The summed E-state index contributed by atoms with van der Waals surface area (Å²) in [6.45, 7) is -0.167. The van der Waals surface area contributed by atoms with Gasteiger partial charge in [-0.15, -0.1) is 0 Å². The van der Waals surface area contributed by atoms with E-state index in [1.54, 1.807) is 0 Å². The van der Waals surface area contributed by atoms with E-state index < -0.39 is 23.9 Å². The minimum Gasteiger partial charge on any atom is -0.480 e. The van der Waals surface area contributed by atoms with Crippen molar-refractivity contribution in [1.29, 1.82) is 0 Å². The molecule has 0 aliphatic carbocycles. The summed E-state index contributed by atoms with van der Waals surface area (Å²) in [5, 5.41) is 31.3. The van der Waals surface area contributed by atoms with Crippen LogP contribution in [0.5, 0.6) is 0 Å². The van der Waals surface area contributed by atoms with Crippen LogP contribution in [0.25, 0.3) is 0 Å². The molecule has 0 aliphatic heterocycles. The molecule has 1 aromatic carbocycles. The molecule has 21 heavy (non-hydrogen) atoms. The van der Waals surface area contributed by atoms with E-state index in [0.29, 0.717) is 5.69 Å². The number of carbonyl (C=O) groups excluding carboxylic acids is 1. The molecule has 0 saturated carbocycles. The Balaban J connectivity index is 2.59. The van der Waals surface area contributed by atoms with Gasteiger partial charge in [0.25, 0.3) is 0 Å². The van der Waals surface area contributed by atoms with E-state index in [9.17, 15) is 14.4 Å². The fourth-order valence-corrected chi connectivity index (χ4v) is 1.58. The first-order valence-electron chi connectivity index (χ1n) is 6.14. The minimum absolute atomic E-state index is 0.0670. The number of carboxylic acid groups (broad SMARTS) is 2. The van der Waals surface area contributed by atoms with Gasteiger partial charge in [0, 0.05) is 12.2 Å². The fourth-order valence-electron chi connectivity index (χ4n) is 1.58. The van der Waals surface area contributed by atoms with Gasteiger partial charge in [-0.05, 0) is 24.3 Å². The minimum atomic E-state index is -1.19. The third kappa shape index (κ3) is 5.59. The normalized spacial score (nSPS) is 11.7. The number of aliphatic hydroxyl groups excluding tert-OH is 1. The molecule has 1 atom stereocenters. The zero-order valence-corrected chi connectivity index (χ0v) is 11.1. The number of aliphatic carboxylic acids is 1. The van der Waals surface area contributed by atoms with Crippen molar-refractivity contribution in [3.05, 3.63) is 29.8 Å². The van der Waals surface area contributed by atoms with Gasteiger partial charge < -0.3 is 26.0 Å². The number of hydrogen-bond acceptors (Lipinski definition) is 5. The zero-order chi connectivity index (χ0) is 15.8. The molecule has 1 amide bonds. The first-order chi connectivity index (χ1) is 9.93. The molecule has 0 spiro atoms. The van der Waals surface area contributed by atoms with Crippen molar-refractivity contribution in [3.8, 4) is 0 Å². The smallest absolute Gasteiger partial charge is 0.335 e. The van der Waals surface area contributed by atoms with Gasteiger partial charge in [0.2, 0.25) is 5.91 Å². The van der Waals surface area contributed by atoms with Gasteiger partial charge in [0.1, 0.15) is 6.04 Å². The second kappa shape index (κ2) is 7.98. The molecule has 0 fully saturated rings. The number of amides is 1. The van der Waals surface area contributed by atoms with E-state index in [1.807, 2.05) is 0 Å². The van der Waals surface area contributed by atoms with Gasteiger partial charge in [0.15, 0.2) is 0 Å². The molecule has 0 radical (unpaired) electrons. The molecule has 0 unspecified atom stereocenters. The number of carbonyl (C=O) groups is 3. The summed E-state index contributed by atoms with van der Waals surface area (Å²) in [6.07, 6.45) is -0.310. The molecular formula is C13H16N2O6. The van der Waals surface area contributed by atoms with Crippen LogP contribution in [0.15, 0.2) is 24.3 Å². The van der Waals surface area contributed by atoms with Crippen LogP contribution in [0.4, 0.5) is 5.69 Å². The molecule has 114 valence electrons. The first kappa shape index (κ1) is 16.6. The Kier molecular flexibility index (Phi) is 6.31. The van der Waals surface area contributed by atoms with Crippen molar-refractivity contribution in [3.63, 3.8) is 0 Å². The lowest BCUT2D eigenvalue weighted by Crippen LogP contribution is -2.41. The van der Waals surface area contributed by atoms with E-state index in [2.05, 4.69) is 10.6 Å². The SMILES string of the molecule is O=C(C[C@H](NCCO)C(=O)O)Nc1ccc(C(=O)O)cc1. The molecule has 8 nitrogen and oxygen atoms in total. The zero-order valence-electron chi connectivity index (χ0n) is 11.1. The molecule has 0 aliphatic rings. The highest BCUT2D eigenvalue weighted by Crippen LogP contribution is 2.10. The number of nitrogens with one attached hydrogen (secondary N) is 2. The van der Waals surface area contributed by atoms with Crippen LogP contribution in [0.1, 0.15) is 16.8 Å². The van der Waals surface area contributed by atoms with Gasteiger partial charge in [0.05, 0.1) is 18.6 Å². The molecule has 1 rings (SSSR count). The maximum atomic E-state index is 11.7. The van der Waals surface area contributed by atoms with E-state index in [1.165, 1.54) is 24.3 Å². The highest BCUT2D eigenvalue weighted by Gasteiger charge is 2.20. The number of benzene rings is 1. The lowest BCUT2D eigenvalue weighted by Gasteiger charge is -2.13. The number of aliphatic hydroxyl groups is 1. The van der Waals surface area contributed by atoms with Gasteiger partial charge in [-0.2, -0.15) is 0 Å². The Morgan fingerprint density at radius 2 is 1.71 bits per heavy atom. The lowest BCUT2D eigenvalue weighted by molar-refractivity contribution is -0.141. The number of hydrogen-bond donors (Lipinski definition) is 5. The van der Waals surface area contributed by atoms with Crippen LogP contribution in [0, 0.1) is 0 Å². The average molecular weight is 296 g/mol. The second-order valence-corrected chi connectivity index (χ2v) is 4.20. The molecule has 8 heteroatoms. The average Bonchev–Trinajstić information content (AvgIpc) is 2.43. The van der Waals surface area contributed by atoms with Crippen molar-refractivity contribution >= 4 is 23.5 Å². The summed E-state index contributed by atoms with van der Waals surface area (Å²) >= 11 is 0. The molecule has 0 bridgehead atoms. The highest BCUT2D eigenvalue weighted by atomic mass is 16.4. The third-order valence-corrected chi connectivity index (χ3v) is 2.61. The van der Waals surface area contributed by atoms with Crippen LogP contribution < -0.4 is 10.6 Å². The fraction of sp³-hybridized carbons (Fsp3) is 0.308. The maximum Gasteiger partial charge on any atom is 0.335 e. The van der Waals surface area contributed by atoms with E-state index in [0.717, 1.165) is 0 Å². The Hall–Kier alpha value is -2.45. The van der Waals surface area contributed by atoms with Crippen LogP contribution in [0.3, 0.4) is 0 Å². The molecule has 1 aromatic rings. The third-order valence-electron chi connectivity index (χ3n) is 2.61. The van der Waals surface area contributed by atoms with Crippen molar-refractivity contribution in [1.82, 2.24) is 5.32 Å². The highest BCUT2D eigenvalue weighted by molar-refractivity contribution is 5.94. The van der Waals surface area contributed by atoms with Crippen LogP contribution in [0.2, 0.25) is 0 Å². The van der Waals surface area contributed by atoms with Gasteiger partial charge in [-0.25, -0.2) is 4.79 Å². The lowest BCUT2D eigenvalue weighted by atomic mass is 10.1. The van der Waals surface area contributed by atoms with Gasteiger partial charge in [-0.3, -0.25) is 9.59 Å². The number of carboxylic acids is 2. The van der Waals surface area contributed by atoms with Crippen molar-refractivity contribution in [2.75, 3.05) is 18.5 Å². The Morgan fingerprint density at radius 1 is 1.10 bits per heavy atom. The van der Waals surface area contributed by atoms with Crippen LogP contribution in [-0.2, 0) is 9.59 Å². The summed E-state index contributed by atoms with van der Waals surface area (Å²) in [7, 11) is 0. The Labute approximate surface area is 120 Å². The van der Waals surface area contributed by atoms with Crippen molar-refractivity contribution in [2.24, 2.45) is 0 Å². The van der Waals surface area contributed by atoms with Crippen LogP contribution >= 0.6 is 0 Å². The maximum absolute atomic E-state index is 11.7. The first-order valence-corrected chi connectivity index (χ1v) is 6.14. The molecular weight excluding hydrogens is 280 g/mol. The van der Waals surface area contributed by atoms with E-state index in [-0.39, 0.29) is 25.1 Å². The summed E-state index contributed by atoms with van der Waals surface area (Å²) < 4.78 is 0. The van der Waals surface area contributed by atoms with Crippen molar-refractivity contribution in [2.45, 2.75) is 12.5 Å². The molecule has 5 N–H and O–H groups in total. The molecule has 0 aromatic heterocycles.